The Bertz CT molecular complexity index is 899. The van der Waals surface area contributed by atoms with Crippen molar-refractivity contribution in [1.82, 2.24) is 10.2 Å². The Labute approximate surface area is 192 Å². The number of carbonyl (C=O) groups excluding carboxylic acids is 2. The lowest BCUT2D eigenvalue weighted by molar-refractivity contribution is -0.126. The van der Waals surface area contributed by atoms with E-state index in [4.69, 9.17) is 0 Å². The summed E-state index contributed by atoms with van der Waals surface area (Å²) in [6.07, 6.45) is 1.20. The lowest BCUT2D eigenvalue weighted by atomic mass is 10.1. The van der Waals surface area contributed by atoms with E-state index in [1.807, 2.05) is 30.3 Å². The van der Waals surface area contributed by atoms with E-state index >= 15 is 0 Å². The minimum absolute atomic E-state index is 0.00883. The van der Waals surface area contributed by atoms with Crippen LogP contribution in [-0.4, -0.2) is 62.5 Å². The molecular formula is C24H29BrN4O2. The van der Waals surface area contributed by atoms with Gasteiger partial charge in [-0.05, 0) is 43.3 Å². The van der Waals surface area contributed by atoms with Gasteiger partial charge >= 0.3 is 0 Å². The molecule has 2 aliphatic heterocycles. The third-order valence-electron chi connectivity index (χ3n) is 6.06. The molecule has 1 unspecified atom stereocenters. The van der Waals surface area contributed by atoms with Crippen molar-refractivity contribution in [2.45, 2.75) is 12.8 Å². The van der Waals surface area contributed by atoms with E-state index in [2.05, 4.69) is 55.3 Å². The van der Waals surface area contributed by atoms with Crippen molar-refractivity contribution in [3.63, 3.8) is 0 Å². The Morgan fingerprint density at radius 2 is 1.74 bits per heavy atom. The van der Waals surface area contributed by atoms with Crippen LogP contribution in [-0.2, 0) is 9.59 Å². The van der Waals surface area contributed by atoms with Crippen LogP contribution in [0.5, 0.6) is 0 Å². The molecule has 0 aliphatic carbocycles. The fraction of sp³-hybridized carbons (Fsp3) is 0.417. The standard InChI is InChI=1S/C24H29BrN4O2/c25-20-6-4-9-22(17-20)29-18-19(16-23(29)30)24(31)26-10-5-11-27-12-14-28(15-13-27)21-7-2-1-3-8-21/h1-4,6-9,17,19H,5,10-16,18H2,(H,26,31). The highest BCUT2D eigenvalue weighted by atomic mass is 79.9. The predicted octanol–water partition coefficient (Wildman–Crippen LogP) is 3.13. The summed E-state index contributed by atoms with van der Waals surface area (Å²) in [5, 5.41) is 3.04. The fourth-order valence-electron chi connectivity index (χ4n) is 4.30. The number of nitrogens with one attached hydrogen (secondary N) is 1. The normalized spacial score (nSPS) is 19.6. The average Bonchev–Trinajstić information content (AvgIpc) is 3.19. The second kappa shape index (κ2) is 10.3. The lowest BCUT2D eigenvalue weighted by Crippen LogP contribution is -2.47. The molecular weight excluding hydrogens is 456 g/mol. The molecule has 0 saturated carbocycles. The number of hydrogen-bond acceptors (Lipinski definition) is 4. The van der Waals surface area contributed by atoms with E-state index in [0.29, 0.717) is 13.1 Å². The first kappa shape index (κ1) is 21.8. The van der Waals surface area contributed by atoms with Gasteiger partial charge in [0, 0.05) is 61.5 Å². The van der Waals surface area contributed by atoms with E-state index in [0.717, 1.165) is 49.3 Å². The summed E-state index contributed by atoms with van der Waals surface area (Å²) in [5.41, 5.74) is 2.13. The second-order valence-electron chi connectivity index (χ2n) is 8.19. The highest BCUT2D eigenvalue weighted by Gasteiger charge is 2.35. The molecule has 164 valence electrons. The SMILES string of the molecule is O=C(NCCCN1CCN(c2ccccc2)CC1)C1CC(=O)N(c2cccc(Br)c2)C1. The number of rotatable bonds is 7. The third-order valence-corrected chi connectivity index (χ3v) is 6.55. The number of piperazine rings is 1. The number of halogens is 1. The summed E-state index contributed by atoms with van der Waals surface area (Å²) in [4.78, 5) is 31.5. The molecule has 2 saturated heterocycles. The van der Waals surface area contributed by atoms with Gasteiger partial charge in [0.1, 0.15) is 0 Å². The first-order chi connectivity index (χ1) is 15.1. The number of benzene rings is 2. The lowest BCUT2D eigenvalue weighted by Gasteiger charge is -2.36. The topological polar surface area (TPSA) is 55.9 Å². The molecule has 0 spiro atoms. The Hall–Kier alpha value is -2.38. The first-order valence-corrected chi connectivity index (χ1v) is 11.8. The van der Waals surface area contributed by atoms with Crippen LogP contribution in [0.3, 0.4) is 0 Å². The van der Waals surface area contributed by atoms with Crippen LogP contribution < -0.4 is 15.1 Å². The van der Waals surface area contributed by atoms with Crippen LogP contribution in [0, 0.1) is 5.92 Å². The quantitative estimate of drug-likeness (QED) is 0.613. The minimum Gasteiger partial charge on any atom is -0.369 e. The second-order valence-corrected chi connectivity index (χ2v) is 9.11. The molecule has 2 heterocycles. The number of nitrogens with zero attached hydrogens (tertiary/aromatic N) is 3. The van der Waals surface area contributed by atoms with Gasteiger partial charge in [0.05, 0.1) is 5.92 Å². The van der Waals surface area contributed by atoms with Crippen molar-refractivity contribution >= 4 is 39.1 Å². The molecule has 2 amide bonds. The molecule has 4 rings (SSSR count). The molecule has 2 aromatic carbocycles. The minimum atomic E-state index is -0.277. The van der Waals surface area contributed by atoms with E-state index in [1.165, 1.54) is 5.69 Å². The molecule has 7 heteroatoms. The molecule has 1 atom stereocenters. The zero-order valence-corrected chi connectivity index (χ0v) is 19.3. The summed E-state index contributed by atoms with van der Waals surface area (Å²) in [6, 6.07) is 18.2. The van der Waals surface area contributed by atoms with Gasteiger partial charge in [-0.1, -0.05) is 40.2 Å². The van der Waals surface area contributed by atoms with Gasteiger partial charge in [-0.2, -0.15) is 0 Å². The van der Waals surface area contributed by atoms with Gasteiger partial charge in [-0.3, -0.25) is 14.5 Å². The van der Waals surface area contributed by atoms with Crippen molar-refractivity contribution in [2.24, 2.45) is 5.92 Å². The molecule has 31 heavy (non-hydrogen) atoms. The Morgan fingerprint density at radius 3 is 2.48 bits per heavy atom. The van der Waals surface area contributed by atoms with Crippen molar-refractivity contribution < 1.29 is 9.59 Å². The Kier molecular flexibility index (Phi) is 7.25. The van der Waals surface area contributed by atoms with Crippen molar-refractivity contribution in [1.29, 1.82) is 0 Å². The van der Waals surface area contributed by atoms with Crippen LogP contribution in [0.1, 0.15) is 12.8 Å². The molecule has 2 fully saturated rings. The summed E-state index contributed by atoms with van der Waals surface area (Å²) in [6.45, 7) is 6.24. The summed E-state index contributed by atoms with van der Waals surface area (Å²) in [7, 11) is 0. The third kappa shape index (κ3) is 5.66. The fourth-order valence-corrected chi connectivity index (χ4v) is 4.69. The monoisotopic (exact) mass is 484 g/mol. The zero-order valence-electron chi connectivity index (χ0n) is 17.7. The van der Waals surface area contributed by atoms with Crippen molar-refractivity contribution in [2.75, 3.05) is 55.6 Å². The van der Waals surface area contributed by atoms with Gasteiger partial charge in [0.15, 0.2) is 0 Å². The first-order valence-electron chi connectivity index (χ1n) is 11.0. The van der Waals surface area contributed by atoms with E-state index in [1.54, 1.807) is 4.90 Å². The van der Waals surface area contributed by atoms with Gasteiger partial charge < -0.3 is 15.1 Å². The summed E-state index contributed by atoms with van der Waals surface area (Å²) >= 11 is 3.44. The van der Waals surface area contributed by atoms with E-state index in [-0.39, 0.29) is 24.2 Å². The molecule has 2 aliphatic rings. The summed E-state index contributed by atoms with van der Waals surface area (Å²) < 4.78 is 0.926. The van der Waals surface area contributed by atoms with Gasteiger partial charge in [0.2, 0.25) is 11.8 Å². The number of para-hydroxylation sites is 1. The molecule has 0 bridgehead atoms. The van der Waals surface area contributed by atoms with Gasteiger partial charge in [0.25, 0.3) is 0 Å². The van der Waals surface area contributed by atoms with Crippen LogP contribution in [0.15, 0.2) is 59.1 Å². The smallest absolute Gasteiger partial charge is 0.227 e. The molecule has 0 radical (unpaired) electrons. The number of hydrogen-bond donors (Lipinski definition) is 1. The van der Waals surface area contributed by atoms with Crippen LogP contribution in [0.2, 0.25) is 0 Å². The van der Waals surface area contributed by atoms with Crippen LogP contribution in [0.4, 0.5) is 11.4 Å². The molecule has 2 aromatic rings. The number of carbonyl (C=O) groups is 2. The molecule has 6 nitrogen and oxygen atoms in total. The number of amides is 2. The highest BCUT2D eigenvalue weighted by molar-refractivity contribution is 9.10. The van der Waals surface area contributed by atoms with Crippen LogP contribution >= 0.6 is 15.9 Å². The largest absolute Gasteiger partial charge is 0.369 e. The van der Waals surface area contributed by atoms with Gasteiger partial charge in [-0.25, -0.2) is 0 Å². The maximum Gasteiger partial charge on any atom is 0.227 e. The maximum atomic E-state index is 12.6. The van der Waals surface area contributed by atoms with Crippen LogP contribution in [0.25, 0.3) is 0 Å². The average molecular weight is 485 g/mol. The highest BCUT2D eigenvalue weighted by Crippen LogP contribution is 2.27. The van der Waals surface area contributed by atoms with E-state index < -0.39 is 0 Å². The Balaban J connectivity index is 1.15. The zero-order chi connectivity index (χ0) is 21.6. The van der Waals surface area contributed by atoms with Crippen molar-refractivity contribution in [3.8, 4) is 0 Å². The number of anilines is 2. The van der Waals surface area contributed by atoms with Crippen molar-refractivity contribution in [3.05, 3.63) is 59.1 Å². The molecule has 1 N–H and O–H groups in total. The van der Waals surface area contributed by atoms with E-state index in [9.17, 15) is 9.59 Å². The molecule has 0 aromatic heterocycles. The Morgan fingerprint density at radius 1 is 1.00 bits per heavy atom. The predicted molar refractivity (Wildman–Crippen MR) is 127 cm³/mol. The maximum absolute atomic E-state index is 12.6. The summed E-state index contributed by atoms with van der Waals surface area (Å²) in [5.74, 6) is -0.282. The van der Waals surface area contributed by atoms with Gasteiger partial charge in [-0.15, -0.1) is 0 Å².